The van der Waals surface area contributed by atoms with Gasteiger partial charge < -0.3 is 0 Å². The van der Waals surface area contributed by atoms with Crippen LogP contribution in [0.1, 0.15) is 18.9 Å². The molecule has 2 aromatic carbocycles. The fourth-order valence-corrected chi connectivity index (χ4v) is 2.93. The molecule has 0 bridgehead atoms. The molecule has 0 fully saturated rings. The molecule has 0 saturated carbocycles. The van der Waals surface area contributed by atoms with E-state index in [9.17, 15) is 12.8 Å². The Balaban J connectivity index is 2.32. The van der Waals surface area contributed by atoms with E-state index < -0.39 is 15.8 Å². The number of halogens is 1. The average molecular weight is 321 g/mol. The lowest BCUT2D eigenvalue weighted by Crippen LogP contribution is -2.76. The third-order valence-electron chi connectivity index (χ3n) is 2.97. The van der Waals surface area contributed by atoms with Crippen LogP contribution in [0.4, 0.5) is 4.39 Å². The molecular formula is C16H18FN2O2S+. The fourth-order valence-electron chi connectivity index (χ4n) is 1.86. The Hall–Kier alpha value is -2.21. The molecule has 116 valence electrons. The van der Waals surface area contributed by atoms with Crippen molar-refractivity contribution in [2.24, 2.45) is 0 Å². The van der Waals surface area contributed by atoms with Crippen molar-refractivity contribution < 1.29 is 17.8 Å². The fraction of sp³-hybridized carbons (Fsp3) is 0.188. The highest BCUT2D eigenvalue weighted by Gasteiger charge is 2.23. The lowest BCUT2D eigenvalue weighted by atomic mass is 10.2. The van der Waals surface area contributed by atoms with Crippen LogP contribution in [0.15, 0.2) is 59.5 Å². The molecule has 2 aromatic rings. The smallest absolute Gasteiger partial charge is 0.273 e. The molecule has 0 aromatic heterocycles. The van der Waals surface area contributed by atoms with E-state index in [-0.39, 0.29) is 4.90 Å². The Bertz CT molecular complexity index is 741. The summed E-state index contributed by atoms with van der Waals surface area (Å²) in [6, 6.07) is 13.8. The van der Waals surface area contributed by atoms with Gasteiger partial charge in [-0.25, -0.2) is 4.39 Å². The minimum atomic E-state index is -3.77. The molecule has 4 nitrogen and oxygen atoms in total. The van der Waals surface area contributed by atoms with Crippen LogP contribution in [0.5, 0.6) is 0 Å². The third kappa shape index (κ3) is 4.14. The zero-order chi connectivity index (χ0) is 16.0. The number of benzene rings is 2. The molecule has 0 saturated heterocycles. The first kappa shape index (κ1) is 16.2. The molecule has 0 amide bonds. The first-order valence-corrected chi connectivity index (χ1v) is 8.46. The van der Waals surface area contributed by atoms with Crippen LogP contribution in [0.3, 0.4) is 0 Å². The number of rotatable bonds is 5. The normalized spacial score (nSPS) is 12.2. The molecule has 6 heteroatoms. The number of hydrogen-bond acceptors (Lipinski definition) is 2. The van der Waals surface area contributed by atoms with Crippen molar-refractivity contribution in [1.29, 1.82) is 0 Å². The van der Waals surface area contributed by atoms with Crippen LogP contribution >= 0.6 is 0 Å². The van der Waals surface area contributed by atoms with Gasteiger partial charge in [0.1, 0.15) is 10.7 Å². The Kier molecular flexibility index (Phi) is 5.27. The molecule has 0 aliphatic carbocycles. The molecule has 0 aliphatic rings. The van der Waals surface area contributed by atoms with E-state index in [2.05, 4.69) is 9.71 Å². The number of amidine groups is 1. The van der Waals surface area contributed by atoms with Crippen molar-refractivity contribution in [1.82, 2.24) is 4.72 Å². The summed E-state index contributed by atoms with van der Waals surface area (Å²) in [5.74, 6) is -0.0675. The van der Waals surface area contributed by atoms with Gasteiger partial charge >= 0.3 is 10.0 Å². The second kappa shape index (κ2) is 7.17. The van der Waals surface area contributed by atoms with E-state index >= 15 is 0 Å². The van der Waals surface area contributed by atoms with Gasteiger partial charge in [0, 0.05) is 0 Å². The maximum atomic E-state index is 12.9. The largest absolute Gasteiger partial charge is 0.328 e. The van der Waals surface area contributed by atoms with Crippen molar-refractivity contribution in [2.75, 3.05) is 6.54 Å². The van der Waals surface area contributed by atoms with Gasteiger partial charge in [0.25, 0.3) is 5.84 Å². The van der Waals surface area contributed by atoms with E-state index in [0.717, 1.165) is 24.1 Å². The molecule has 22 heavy (non-hydrogen) atoms. The Morgan fingerprint density at radius 1 is 1.09 bits per heavy atom. The minimum absolute atomic E-state index is 0.0145. The molecule has 0 aliphatic heterocycles. The van der Waals surface area contributed by atoms with Crippen LogP contribution < -0.4 is 9.71 Å². The second-order valence-electron chi connectivity index (χ2n) is 4.73. The molecule has 0 heterocycles. The summed E-state index contributed by atoms with van der Waals surface area (Å²) in [6.45, 7) is 2.63. The van der Waals surface area contributed by atoms with Gasteiger partial charge in [0.2, 0.25) is 0 Å². The van der Waals surface area contributed by atoms with Crippen molar-refractivity contribution in [3.63, 3.8) is 0 Å². The molecule has 0 atom stereocenters. The molecular weight excluding hydrogens is 303 g/mol. The first-order chi connectivity index (χ1) is 10.5. The predicted molar refractivity (Wildman–Crippen MR) is 83.4 cm³/mol. The summed E-state index contributed by atoms with van der Waals surface area (Å²) >= 11 is 0. The van der Waals surface area contributed by atoms with Crippen LogP contribution in [0.25, 0.3) is 0 Å². The van der Waals surface area contributed by atoms with E-state index in [1.165, 1.54) is 12.1 Å². The maximum Gasteiger partial charge on any atom is 0.328 e. The zero-order valence-corrected chi connectivity index (χ0v) is 13.0. The van der Waals surface area contributed by atoms with Gasteiger partial charge in [-0.1, -0.05) is 25.1 Å². The maximum absolute atomic E-state index is 12.9. The average Bonchev–Trinajstić information content (AvgIpc) is 2.52. The second-order valence-corrected chi connectivity index (χ2v) is 6.41. The topological polar surface area (TPSA) is 60.1 Å². The summed E-state index contributed by atoms with van der Waals surface area (Å²) in [7, 11) is -3.77. The van der Waals surface area contributed by atoms with Crippen molar-refractivity contribution in [3.8, 4) is 0 Å². The highest BCUT2D eigenvalue weighted by atomic mass is 32.2. The Labute approximate surface area is 129 Å². The lowest BCUT2D eigenvalue weighted by Gasteiger charge is -2.05. The summed E-state index contributed by atoms with van der Waals surface area (Å²) in [5, 5.41) is 0. The van der Waals surface area contributed by atoms with Crippen LogP contribution in [-0.4, -0.2) is 20.8 Å². The van der Waals surface area contributed by atoms with Gasteiger partial charge in [-0.3, -0.25) is 4.99 Å². The van der Waals surface area contributed by atoms with Gasteiger partial charge in [0.05, 0.1) is 12.1 Å². The van der Waals surface area contributed by atoms with E-state index in [1.54, 1.807) is 0 Å². The quantitative estimate of drug-likeness (QED) is 0.639. The standard InChI is InChI=1S/C16H17FN2O2S/c1-2-12-18-16(13-6-4-3-5-7-13)19-22(20,21)15-10-8-14(17)9-11-15/h3-11H,2,12H2,1H3,(H,18,19)/p+1. The lowest BCUT2D eigenvalue weighted by molar-refractivity contribution is -0.458. The number of sulfonamides is 1. The summed E-state index contributed by atoms with van der Waals surface area (Å²) < 4.78 is 40.3. The van der Waals surface area contributed by atoms with Crippen molar-refractivity contribution in [2.45, 2.75) is 18.2 Å². The Morgan fingerprint density at radius 3 is 2.32 bits per heavy atom. The predicted octanol–water partition coefficient (Wildman–Crippen LogP) is 1.04. The SMILES string of the molecule is CCC[NH+]=C(NS(=O)(=O)c1ccc(F)cc1)c1ccccc1. The van der Waals surface area contributed by atoms with E-state index in [4.69, 9.17) is 0 Å². The van der Waals surface area contributed by atoms with Gasteiger partial charge in [-0.2, -0.15) is 13.1 Å². The molecule has 2 N–H and O–H groups in total. The Morgan fingerprint density at radius 2 is 1.73 bits per heavy atom. The van der Waals surface area contributed by atoms with Gasteiger partial charge in [0.15, 0.2) is 0 Å². The molecule has 0 unspecified atom stereocenters. The van der Waals surface area contributed by atoms with Crippen LogP contribution in [0, 0.1) is 5.82 Å². The van der Waals surface area contributed by atoms with E-state index in [0.29, 0.717) is 12.4 Å². The number of hydrogen-bond donors (Lipinski definition) is 2. The summed E-state index contributed by atoms with van der Waals surface area (Å²) in [4.78, 5) is 3.09. The molecule has 2 rings (SSSR count). The van der Waals surface area contributed by atoms with Gasteiger partial charge in [-0.05, 0) is 42.8 Å². The summed E-state index contributed by atoms with van der Waals surface area (Å²) in [6.07, 6.45) is 0.856. The third-order valence-corrected chi connectivity index (χ3v) is 4.34. The minimum Gasteiger partial charge on any atom is -0.273 e. The zero-order valence-electron chi connectivity index (χ0n) is 12.2. The van der Waals surface area contributed by atoms with Crippen molar-refractivity contribution >= 4 is 15.9 Å². The molecule has 0 spiro atoms. The van der Waals surface area contributed by atoms with Crippen LogP contribution in [-0.2, 0) is 10.0 Å². The monoisotopic (exact) mass is 321 g/mol. The summed E-state index contributed by atoms with van der Waals surface area (Å²) in [5.41, 5.74) is 0.738. The van der Waals surface area contributed by atoms with Crippen LogP contribution in [0.2, 0.25) is 0 Å². The van der Waals surface area contributed by atoms with Gasteiger partial charge in [-0.15, -0.1) is 0 Å². The highest BCUT2D eigenvalue weighted by molar-refractivity contribution is 7.90. The first-order valence-electron chi connectivity index (χ1n) is 6.97. The molecule has 0 radical (unpaired) electrons. The van der Waals surface area contributed by atoms with Crippen molar-refractivity contribution in [3.05, 3.63) is 66.0 Å². The number of nitrogens with one attached hydrogen (secondary N) is 2. The highest BCUT2D eigenvalue weighted by Crippen LogP contribution is 2.10. The van der Waals surface area contributed by atoms with E-state index in [1.807, 2.05) is 37.3 Å².